The van der Waals surface area contributed by atoms with Crippen LogP contribution in [0.15, 0.2) is 100.0 Å². The van der Waals surface area contributed by atoms with Gasteiger partial charge in [-0.2, -0.15) is 0 Å². The van der Waals surface area contributed by atoms with Crippen molar-refractivity contribution < 1.29 is 57.7 Å². The van der Waals surface area contributed by atoms with Gasteiger partial charge in [-0.3, -0.25) is 0 Å². The van der Waals surface area contributed by atoms with E-state index in [0.717, 1.165) is 12.8 Å². The van der Waals surface area contributed by atoms with Crippen LogP contribution in [-0.4, -0.2) is 0 Å². The summed E-state index contributed by atoms with van der Waals surface area (Å²) < 4.78 is 1.43. The van der Waals surface area contributed by atoms with Crippen LogP contribution in [0.1, 0.15) is 40.2 Å². The van der Waals surface area contributed by atoms with E-state index < -0.39 is 0 Å². The van der Waals surface area contributed by atoms with E-state index in [1.165, 1.54) is 37.3 Å². The van der Waals surface area contributed by atoms with Gasteiger partial charge in [0.25, 0.3) is 0 Å². The summed E-state index contributed by atoms with van der Waals surface area (Å²) in [6.07, 6.45) is 4.46. The average Bonchev–Trinajstić information content (AvgIpc) is 3.03. The van der Waals surface area contributed by atoms with Gasteiger partial charge in [-0.1, -0.05) is 0 Å². The molecule has 0 bridgehead atoms. The molecule has 0 atom stereocenters. The molecule has 0 saturated carbocycles. The van der Waals surface area contributed by atoms with Crippen LogP contribution in [0.4, 0.5) is 0 Å². The van der Waals surface area contributed by atoms with Gasteiger partial charge >= 0.3 is 181 Å². The third-order valence-corrected chi connectivity index (χ3v) is 6.35. The van der Waals surface area contributed by atoms with Crippen molar-refractivity contribution in [3.05, 3.63) is 128 Å². The zero-order valence-corrected chi connectivity index (χ0v) is 21.5. The van der Waals surface area contributed by atoms with Gasteiger partial charge in [0.1, 0.15) is 0 Å². The molecule has 158 valence electrons. The molecule has 0 amide bonds. The molecule has 0 heterocycles. The third kappa shape index (κ3) is 6.61. The van der Waals surface area contributed by atoms with E-state index in [-0.39, 0.29) is 37.2 Å². The SMILES string of the molecule is Cc1cccc(C(C2=C(Cc3ccccc3)[C]([Ti+3])=CC2)c2cccc(C)c2)c1.[Cl-].[Cl-].[Cl-]. The molecule has 0 saturated heterocycles. The molecule has 0 aliphatic heterocycles. The molecular weight excluding hydrogens is 479 g/mol. The molecular formula is C27H25Cl3Ti. The molecule has 31 heavy (non-hydrogen) atoms. The van der Waals surface area contributed by atoms with Crippen LogP contribution < -0.4 is 37.2 Å². The minimum absolute atomic E-state index is 0. The van der Waals surface area contributed by atoms with Crippen LogP contribution in [0.3, 0.4) is 0 Å². The number of rotatable bonds is 5. The molecule has 3 aromatic rings. The van der Waals surface area contributed by atoms with Crippen LogP contribution in [0.2, 0.25) is 0 Å². The fourth-order valence-corrected chi connectivity index (χ4v) is 4.77. The largest absolute Gasteiger partial charge is 1.00 e. The van der Waals surface area contributed by atoms with Gasteiger partial charge in [0.05, 0.1) is 0 Å². The second-order valence-corrected chi connectivity index (χ2v) is 8.59. The van der Waals surface area contributed by atoms with Crippen molar-refractivity contribution in [3.63, 3.8) is 0 Å². The van der Waals surface area contributed by atoms with Crippen molar-refractivity contribution in [2.45, 2.75) is 32.6 Å². The van der Waals surface area contributed by atoms with Crippen molar-refractivity contribution >= 4 is 0 Å². The fraction of sp³-hybridized carbons (Fsp3) is 0.185. The van der Waals surface area contributed by atoms with Crippen LogP contribution in [-0.2, 0) is 26.9 Å². The Hall–Kier alpha value is -1.28. The smallest absolute Gasteiger partial charge is 1.00 e. The number of aryl methyl sites for hydroxylation is 2. The second-order valence-electron chi connectivity index (χ2n) is 7.75. The van der Waals surface area contributed by atoms with Crippen LogP contribution >= 0.6 is 0 Å². The van der Waals surface area contributed by atoms with Crippen LogP contribution in [0.25, 0.3) is 0 Å². The van der Waals surface area contributed by atoms with Crippen molar-refractivity contribution in [2.75, 3.05) is 0 Å². The van der Waals surface area contributed by atoms with E-state index in [1.54, 1.807) is 5.57 Å². The van der Waals surface area contributed by atoms with Crippen molar-refractivity contribution in [2.24, 2.45) is 0 Å². The number of allylic oxidation sites excluding steroid dienone is 4. The molecule has 3 aromatic carbocycles. The molecule has 0 N–H and O–H groups in total. The number of benzene rings is 3. The monoisotopic (exact) mass is 502 g/mol. The number of hydrogen-bond acceptors (Lipinski definition) is 0. The summed E-state index contributed by atoms with van der Waals surface area (Å²) in [6, 6.07) is 28.9. The third-order valence-electron chi connectivity index (χ3n) is 5.56. The first kappa shape index (κ1) is 27.8. The van der Waals surface area contributed by atoms with E-state index >= 15 is 0 Å². The van der Waals surface area contributed by atoms with Gasteiger partial charge in [0, 0.05) is 0 Å². The van der Waals surface area contributed by atoms with Gasteiger partial charge in [-0.05, 0) is 0 Å². The summed E-state index contributed by atoms with van der Waals surface area (Å²) in [7, 11) is 0. The predicted octanol–water partition coefficient (Wildman–Crippen LogP) is -2.18. The standard InChI is InChI=1S/C27H25.3ClH.Ti/c1-20-9-6-14-24(17-20)27(25-15-7-10-21(2)18-25)26-16-8-13-23(26)19-22-11-4-3-5-12-22;;;;/h3-12,14-15,17-18,27H,16,19H2,1-2H3;3*1H;/q;;;;+3/p-3. The van der Waals surface area contributed by atoms with Gasteiger partial charge in [0.2, 0.25) is 0 Å². The first-order chi connectivity index (χ1) is 13.6. The second kappa shape index (κ2) is 12.7. The zero-order valence-electron chi connectivity index (χ0n) is 17.7. The van der Waals surface area contributed by atoms with Crippen molar-refractivity contribution in [3.8, 4) is 0 Å². The maximum Gasteiger partial charge on any atom is -1.00 e. The summed E-state index contributed by atoms with van der Waals surface area (Å²) >= 11 is 2.27. The number of halogens is 3. The Kier molecular flexibility index (Phi) is 11.4. The summed E-state index contributed by atoms with van der Waals surface area (Å²) in [4.78, 5) is 0. The maximum absolute atomic E-state index is 2.41. The Balaban J connectivity index is 0.00000160. The van der Waals surface area contributed by atoms with E-state index in [1.807, 2.05) is 0 Å². The molecule has 4 heteroatoms. The Bertz CT molecular complexity index is 1010. The fourth-order valence-electron chi connectivity index (χ4n) is 4.23. The molecule has 1 aliphatic rings. The molecule has 0 aromatic heterocycles. The topological polar surface area (TPSA) is 0 Å². The first-order valence-electron chi connectivity index (χ1n) is 9.93. The van der Waals surface area contributed by atoms with Crippen LogP contribution in [0, 0.1) is 13.8 Å². The average molecular weight is 504 g/mol. The van der Waals surface area contributed by atoms with Gasteiger partial charge in [-0.15, -0.1) is 0 Å². The Morgan fingerprint density at radius 2 is 1.29 bits per heavy atom. The normalized spacial score (nSPS) is 12.6. The minimum atomic E-state index is 0. The summed E-state index contributed by atoms with van der Waals surface area (Å²) in [5, 5.41) is 0. The summed E-state index contributed by atoms with van der Waals surface area (Å²) in [6.45, 7) is 4.38. The minimum Gasteiger partial charge on any atom is -1.00 e. The van der Waals surface area contributed by atoms with Gasteiger partial charge < -0.3 is 37.2 Å². The Morgan fingerprint density at radius 1 is 0.742 bits per heavy atom. The summed E-state index contributed by atoms with van der Waals surface area (Å²) in [5.41, 5.74) is 9.89. The van der Waals surface area contributed by atoms with E-state index in [0.29, 0.717) is 5.92 Å². The molecule has 0 fully saturated rings. The predicted molar refractivity (Wildman–Crippen MR) is 114 cm³/mol. The Labute approximate surface area is 216 Å². The quantitative estimate of drug-likeness (QED) is 0.348. The molecule has 0 nitrogen and oxygen atoms in total. The zero-order chi connectivity index (χ0) is 19.5. The molecule has 0 unspecified atom stereocenters. The molecule has 0 spiro atoms. The molecule has 1 aliphatic carbocycles. The van der Waals surface area contributed by atoms with Gasteiger partial charge in [0.15, 0.2) is 0 Å². The van der Waals surface area contributed by atoms with Gasteiger partial charge in [-0.25, -0.2) is 0 Å². The summed E-state index contributed by atoms with van der Waals surface area (Å²) in [5.74, 6) is 0.312. The van der Waals surface area contributed by atoms with Crippen molar-refractivity contribution in [1.82, 2.24) is 0 Å². The molecule has 0 radical (unpaired) electrons. The van der Waals surface area contributed by atoms with Crippen molar-refractivity contribution in [1.29, 1.82) is 0 Å². The van der Waals surface area contributed by atoms with E-state index in [2.05, 4.69) is 119 Å². The Morgan fingerprint density at radius 3 is 1.81 bits per heavy atom. The first-order valence-corrected chi connectivity index (χ1v) is 10.7. The molecule has 4 rings (SSSR count). The van der Waals surface area contributed by atoms with E-state index in [4.69, 9.17) is 0 Å². The maximum atomic E-state index is 2.41. The number of hydrogen-bond donors (Lipinski definition) is 0. The van der Waals surface area contributed by atoms with Crippen LogP contribution in [0.5, 0.6) is 0 Å². The van der Waals surface area contributed by atoms with E-state index in [9.17, 15) is 0 Å².